The quantitative estimate of drug-likeness (QED) is 0.198. The van der Waals surface area contributed by atoms with Crippen molar-refractivity contribution in [2.24, 2.45) is 0 Å². The maximum absolute atomic E-state index is 6.58. The molecule has 4 nitrogen and oxygen atoms in total. The zero-order valence-electron chi connectivity index (χ0n) is 25.7. The molecule has 4 heterocycles. The Balaban J connectivity index is 1.18. The molecule has 4 aromatic heterocycles. The van der Waals surface area contributed by atoms with E-state index >= 15 is 0 Å². The van der Waals surface area contributed by atoms with Crippen molar-refractivity contribution < 1.29 is 8.83 Å². The molecule has 0 bridgehead atoms. The molecule has 0 radical (unpaired) electrons. The van der Waals surface area contributed by atoms with Crippen LogP contribution in [-0.4, -0.2) is 9.13 Å². The molecule has 11 aromatic rings. The van der Waals surface area contributed by atoms with Crippen LogP contribution in [0.1, 0.15) is 0 Å². The Morgan fingerprint density at radius 2 is 0.979 bits per heavy atom. The van der Waals surface area contributed by atoms with Crippen LogP contribution < -0.4 is 0 Å². The van der Waals surface area contributed by atoms with E-state index in [2.05, 4.69) is 155 Å². The van der Waals surface area contributed by atoms with Crippen LogP contribution in [0.5, 0.6) is 0 Å². The number of hydrogen-bond acceptors (Lipinski definition) is 2. The summed E-state index contributed by atoms with van der Waals surface area (Å²) in [5.41, 5.74) is 11.5. The Bertz CT molecular complexity index is 3010. The van der Waals surface area contributed by atoms with Crippen molar-refractivity contribution in [2.45, 2.75) is 0 Å². The second kappa shape index (κ2) is 9.50. The molecule has 0 amide bonds. The Morgan fingerprint density at radius 1 is 0.354 bits per heavy atom. The fourth-order valence-corrected chi connectivity index (χ4v) is 7.88. The van der Waals surface area contributed by atoms with Crippen LogP contribution >= 0.6 is 0 Å². The fourth-order valence-electron chi connectivity index (χ4n) is 7.88. The number of para-hydroxylation sites is 4. The molecule has 0 spiro atoms. The highest BCUT2D eigenvalue weighted by atomic mass is 16.3. The topological polar surface area (TPSA) is 36.1 Å². The number of nitrogens with zero attached hydrogens (tertiary/aromatic N) is 2. The maximum Gasteiger partial charge on any atom is 0.213 e. The first kappa shape index (κ1) is 25.6. The molecular formula is C44H26N2O2. The number of fused-ring (bicyclic) bond motifs is 11. The van der Waals surface area contributed by atoms with E-state index in [0.29, 0.717) is 0 Å². The minimum atomic E-state index is 0.857. The van der Waals surface area contributed by atoms with Gasteiger partial charge in [0.25, 0.3) is 0 Å². The Morgan fingerprint density at radius 3 is 1.77 bits per heavy atom. The zero-order valence-corrected chi connectivity index (χ0v) is 25.7. The number of rotatable bonds is 3. The summed E-state index contributed by atoms with van der Waals surface area (Å²) in [7, 11) is 0. The van der Waals surface area contributed by atoms with E-state index in [-0.39, 0.29) is 0 Å². The highest BCUT2D eigenvalue weighted by Gasteiger charge is 2.22. The van der Waals surface area contributed by atoms with E-state index in [9.17, 15) is 0 Å². The van der Waals surface area contributed by atoms with Gasteiger partial charge in [-0.25, -0.2) is 0 Å². The SMILES string of the molecule is c1ccc(-n2c3cccc(-c4ccc5oc6ccc(-n7c8ccccc8c8ccccc87)cc6c5c4)c3c3c4ccccc4oc32)cc1. The second-order valence-electron chi connectivity index (χ2n) is 12.5. The minimum Gasteiger partial charge on any atom is -0.456 e. The van der Waals surface area contributed by atoms with Crippen LogP contribution in [-0.2, 0) is 0 Å². The van der Waals surface area contributed by atoms with Crippen molar-refractivity contribution in [1.29, 1.82) is 0 Å². The highest BCUT2D eigenvalue weighted by molar-refractivity contribution is 6.24. The molecule has 0 saturated carbocycles. The van der Waals surface area contributed by atoms with Crippen LogP contribution in [0.3, 0.4) is 0 Å². The molecule has 0 aliphatic heterocycles. The molecule has 0 aliphatic rings. The summed E-state index contributed by atoms with van der Waals surface area (Å²) in [6, 6.07) is 55.8. The fraction of sp³-hybridized carbons (Fsp3) is 0. The van der Waals surface area contributed by atoms with Crippen LogP contribution in [0.2, 0.25) is 0 Å². The summed E-state index contributed by atoms with van der Waals surface area (Å²) in [5, 5.41) is 8.12. The summed E-state index contributed by atoms with van der Waals surface area (Å²) in [6.45, 7) is 0. The zero-order chi connectivity index (χ0) is 31.3. The molecule has 0 N–H and O–H groups in total. The highest BCUT2D eigenvalue weighted by Crippen LogP contribution is 2.44. The largest absolute Gasteiger partial charge is 0.456 e. The van der Waals surface area contributed by atoms with E-state index in [4.69, 9.17) is 8.83 Å². The third-order valence-corrected chi connectivity index (χ3v) is 9.93. The van der Waals surface area contributed by atoms with E-state index in [1.807, 2.05) is 12.1 Å². The summed E-state index contributed by atoms with van der Waals surface area (Å²) in [4.78, 5) is 0. The van der Waals surface area contributed by atoms with Crippen LogP contribution in [0.25, 0.3) is 99.2 Å². The summed E-state index contributed by atoms with van der Waals surface area (Å²) in [6.07, 6.45) is 0. The Labute approximate surface area is 274 Å². The normalized spacial score (nSPS) is 12.2. The van der Waals surface area contributed by atoms with Crippen LogP contribution in [0.4, 0.5) is 0 Å². The summed E-state index contributed by atoms with van der Waals surface area (Å²) in [5.74, 6) is 0. The summed E-state index contributed by atoms with van der Waals surface area (Å²) < 4.78 is 17.6. The lowest BCUT2D eigenvalue weighted by Gasteiger charge is -2.09. The van der Waals surface area contributed by atoms with Gasteiger partial charge in [0.15, 0.2) is 0 Å². The van der Waals surface area contributed by atoms with Crippen LogP contribution in [0.15, 0.2) is 167 Å². The van der Waals surface area contributed by atoms with E-state index in [1.54, 1.807) is 0 Å². The summed E-state index contributed by atoms with van der Waals surface area (Å²) >= 11 is 0. The van der Waals surface area contributed by atoms with Gasteiger partial charge in [0, 0.05) is 43.7 Å². The van der Waals surface area contributed by atoms with Crippen molar-refractivity contribution in [1.82, 2.24) is 9.13 Å². The van der Waals surface area contributed by atoms with E-state index < -0.39 is 0 Å². The third-order valence-electron chi connectivity index (χ3n) is 9.93. The standard InChI is InChI=1S/C44H26N2O2/c1-2-11-28(12-3-1)46-38-19-10-16-30(42(38)43-33-15-6-9-20-39(33)48-44(43)46)27-21-23-40-34(25-27)35-26-29(22-24-41(35)47-40)45-36-17-7-4-13-31(36)32-14-5-8-18-37(32)45/h1-26H. The second-order valence-corrected chi connectivity index (χ2v) is 12.5. The lowest BCUT2D eigenvalue weighted by Crippen LogP contribution is -1.93. The third kappa shape index (κ3) is 3.43. The van der Waals surface area contributed by atoms with Gasteiger partial charge in [-0.2, -0.15) is 0 Å². The van der Waals surface area contributed by atoms with Crippen molar-refractivity contribution in [3.05, 3.63) is 158 Å². The molecule has 0 aliphatic carbocycles. The minimum absolute atomic E-state index is 0.857. The van der Waals surface area contributed by atoms with Gasteiger partial charge in [0.05, 0.1) is 21.9 Å². The number of hydrogen-bond donors (Lipinski definition) is 0. The lowest BCUT2D eigenvalue weighted by atomic mass is 9.97. The Hall–Kier alpha value is -6.52. The van der Waals surface area contributed by atoms with Crippen molar-refractivity contribution in [3.63, 3.8) is 0 Å². The van der Waals surface area contributed by atoms with Gasteiger partial charge in [-0.05, 0) is 77.9 Å². The average molecular weight is 615 g/mol. The van der Waals surface area contributed by atoms with Gasteiger partial charge in [-0.1, -0.05) is 91.0 Å². The monoisotopic (exact) mass is 614 g/mol. The van der Waals surface area contributed by atoms with Gasteiger partial charge in [-0.15, -0.1) is 0 Å². The van der Waals surface area contributed by atoms with Gasteiger partial charge in [0.1, 0.15) is 16.7 Å². The average Bonchev–Trinajstić information content (AvgIpc) is 3.88. The first-order valence-electron chi connectivity index (χ1n) is 16.3. The molecule has 0 atom stereocenters. The van der Waals surface area contributed by atoms with Gasteiger partial charge >= 0.3 is 0 Å². The maximum atomic E-state index is 6.58. The van der Waals surface area contributed by atoms with Crippen molar-refractivity contribution in [3.8, 4) is 22.5 Å². The number of furan rings is 2. The molecule has 224 valence electrons. The molecule has 0 unspecified atom stereocenters. The molecule has 11 rings (SSSR count). The van der Waals surface area contributed by atoms with Crippen molar-refractivity contribution >= 4 is 76.7 Å². The molecule has 7 aromatic carbocycles. The number of aromatic nitrogens is 2. The van der Waals surface area contributed by atoms with Gasteiger partial charge in [0.2, 0.25) is 5.71 Å². The van der Waals surface area contributed by atoms with Gasteiger partial charge < -0.3 is 13.4 Å². The van der Waals surface area contributed by atoms with Crippen LogP contribution in [0, 0.1) is 0 Å². The first-order chi connectivity index (χ1) is 23.8. The molecule has 48 heavy (non-hydrogen) atoms. The first-order valence-corrected chi connectivity index (χ1v) is 16.3. The van der Waals surface area contributed by atoms with Crippen molar-refractivity contribution in [2.75, 3.05) is 0 Å². The molecule has 4 heteroatoms. The van der Waals surface area contributed by atoms with E-state index in [1.165, 1.54) is 27.2 Å². The lowest BCUT2D eigenvalue weighted by molar-refractivity contribution is 0.645. The molecule has 0 saturated heterocycles. The van der Waals surface area contributed by atoms with Gasteiger partial charge in [-0.3, -0.25) is 4.57 Å². The predicted molar refractivity (Wildman–Crippen MR) is 198 cm³/mol. The number of benzene rings is 7. The molecule has 0 fully saturated rings. The molecular weight excluding hydrogens is 588 g/mol. The smallest absolute Gasteiger partial charge is 0.213 e. The Kier molecular flexibility index (Phi) is 5.08. The van der Waals surface area contributed by atoms with E-state index in [0.717, 1.165) is 72.0 Å². The predicted octanol–water partition coefficient (Wildman–Crippen LogP) is 12.2.